The van der Waals surface area contributed by atoms with E-state index in [1.165, 1.54) is 4.57 Å². The highest BCUT2D eigenvalue weighted by Crippen LogP contribution is 2.12. The van der Waals surface area contributed by atoms with Crippen molar-refractivity contribution in [2.75, 3.05) is 5.32 Å². The van der Waals surface area contributed by atoms with Gasteiger partial charge in [-0.25, -0.2) is 4.79 Å². The molecule has 5 heteroatoms. The SMILES string of the molecule is CCCn1ccn(CC(=O)Nc2ccccc2C)c1=O. The van der Waals surface area contributed by atoms with E-state index in [4.69, 9.17) is 0 Å². The average Bonchev–Trinajstić information content (AvgIpc) is 2.75. The van der Waals surface area contributed by atoms with E-state index in [1.54, 1.807) is 17.0 Å². The Labute approximate surface area is 117 Å². The van der Waals surface area contributed by atoms with E-state index in [0.29, 0.717) is 6.54 Å². The van der Waals surface area contributed by atoms with Crippen LogP contribution in [0.25, 0.3) is 0 Å². The smallest absolute Gasteiger partial charge is 0.324 e. The first-order chi connectivity index (χ1) is 9.61. The molecule has 0 aliphatic carbocycles. The molecule has 0 fully saturated rings. The van der Waals surface area contributed by atoms with Gasteiger partial charge in [0.05, 0.1) is 0 Å². The third-order valence-electron chi connectivity index (χ3n) is 3.12. The van der Waals surface area contributed by atoms with Crippen molar-refractivity contribution in [1.29, 1.82) is 0 Å². The van der Waals surface area contributed by atoms with Crippen LogP contribution >= 0.6 is 0 Å². The summed E-state index contributed by atoms with van der Waals surface area (Å²) in [5.41, 5.74) is 1.63. The van der Waals surface area contributed by atoms with Crippen molar-refractivity contribution in [3.8, 4) is 0 Å². The summed E-state index contributed by atoms with van der Waals surface area (Å²) in [7, 11) is 0. The van der Waals surface area contributed by atoms with Crippen LogP contribution in [0.15, 0.2) is 41.5 Å². The number of aromatic nitrogens is 2. The van der Waals surface area contributed by atoms with Crippen LogP contribution in [0.2, 0.25) is 0 Å². The Hall–Kier alpha value is -2.30. The average molecular weight is 273 g/mol. The van der Waals surface area contributed by atoms with Gasteiger partial charge in [0.25, 0.3) is 0 Å². The maximum atomic E-state index is 12.0. The lowest BCUT2D eigenvalue weighted by Gasteiger charge is -2.08. The third-order valence-corrected chi connectivity index (χ3v) is 3.12. The number of aryl methyl sites for hydroxylation is 2. The predicted molar refractivity (Wildman–Crippen MR) is 78.8 cm³/mol. The molecule has 0 radical (unpaired) electrons. The molecule has 5 nitrogen and oxygen atoms in total. The van der Waals surface area contributed by atoms with Gasteiger partial charge in [-0.3, -0.25) is 13.9 Å². The second-order valence-corrected chi connectivity index (χ2v) is 4.77. The highest BCUT2D eigenvalue weighted by atomic mass is 16.2. The first-order valence-corrected chi connectivity index (χ1v) is 6.73. The van der Waals surface area contributed by atoms with Crippen LogP contribution in [0.1, 0.15) is 18.9 Å². The molecule has 1 heterocycles. The molecule has 0 bridgehead atoms. The lowest BCUT2D eigenvalue weighted by atomic mass is 10.2. The number of benzene rings is 1. The lowest BCUT2D eigenvalue weighted by Crippen LogP contribution is -2.29. The fourth-order valence-electron chi connectivity index (χ4n) is 2.04. The minimum Gasteiger partial charge on any atom is -0.324 e. The van der Waals surface area contributed by atoms with E-state index in [1.807, 2.05) is 38.1 Å². The highest BCUT2D eigenvalue weighted by molar-refractivity contribution is 5.91. The van der Waals surface area contributed by atoms with Crippen molar-refractivity contribution in [2.45, 2.75) is 33.4 Å². The molecule has 1 aromatic carbocycles. The van der Waals surface area contributed by atoms with Crippen molar-refractivity contribution < 1.29 is 4.79 Å². The summed E-state index contributed by atoms with van der Waals surface area (Å²) in [6, 6.07) is 7.56. The fraction of sp³-hybridized carbons (Fsp3) is 0.333. The molecule has 0 spiro atoms. The van der Waals surface area contributed by atoms with E-state index in [-0.39, 0.29) is 18.1 Å². The quantitative estimate of drug-likeness (QED) is 0.906. The number of nitrogens with one attached hydrogen (secondary N) is 1. The summed E-state index contributed by atoms with van der Waals surface area (Å²) in [6.07, 6.45) is 4.25. The number of carbonyl (C=O) groups is 1. The number of carbonyl (C=O) groups excluding carboxylic acids is 1. The third kappa shape index (κ3) is 3.17. The Morgan fingerprint density at radius 2 is 1.90 bits per heavy atom. The molecule has 0 atom stereocenters. The van der Waals surface area contributed by atoms with Gasteiger partial charge >= 0.3 is 5.69 Å². The lowest BCUT2D eigenvalue weighted by molar-refractivity contribution is -0.116. The minimum atomic E-state index is -0.198. The van der Waals surface area contributed by atoms with Crippen LogP contribution in [0.4, 0.5) is 5.69 Å². The summed E-state index contributed by atoms with van der Waals surface area (Å²) in [5, 5.41) is 2.82. The molecular weight excluding hydrogens is 254 g/mol. The van der Waals surface area contributed by atoms with Crippen LogP contribution in [0.3, 0.4) is 0 Å². The Bertz CT molecular complexity index is 655. The van der Waals surface area contributed by atoms with Gasteiger partial charge < -0.3 is 5.32 Å². The van der Waals surface area contributed by atoms with Crippen molar-refractivity contribution in [3.05, 3.63) is 52.7 Å². The number of nitrogens with zero attached hydrogens (tertiary/aromatic N) is 2. The first-order valence-electron chi connectivity index (χ1n) is 6.73. The van der Waals surface area contributed by atoms with E-state index >= 15 is 0 Å². The fourth-order valence-corrected chi connectivity index (χ4v) is 2.04. The molecule has 20 heavy (non-hydrogen) atoms. The number of hydrogen-bond donors (Lipinski definition) is 1. The molecule has 0 saturated carbocycles. The number of para-hydroxylation sites is 1. The minimum absolute atomic E-state index is 0.0316. The van der Waals surface area contributed by atoms with Crippen molar-refractivity contribution >= 4 is 11.6 Å². The zero-order valence-electron chi connectivity index (χ0n) is 11.8. The standard InChI is InChI=1S/C15H19N3O2/c1-3-8-17-9-10-18(15(17)20)11-14(19)16-13-7-5-4-6-12(13)2/h4-7,9-10H,3,8,11H2,1-2H3,(H,16,19). The van der Waals surface area contributed by atoms with E-state index < -0.39 is 0 Å². The normalized spacial score (nSPS) is 10.5. The number of anilines is 1. The molecule has 1 amide bonds. The second-order valence-electron chi connectivity index (χ2n) is 4.77. The first kappa shape index (κ1) is 14.1. The largest absolute Gasteiger partial charge is 0.328 e. The predicted octanol–water partition coefficient (Wildman–Crippen LogP) is 2.01. The summed E-state index contributed by atoms with van der Waals surface area (Å²) >= 11 is 0. The Balaban J connectivity index is 2.05. The number of amides is 1. The summed E-state index contributed by atoms with van der Waals surface area (Å²) in [4.78, 5) is 23.9. The van der Waals surface area contributed by atoms with Crippen molar-refractivity contribution in [1.82, 2.24) is 9.13 Å². The maximum Gasteiger partial charge on any atom is 0.328 e. The van der Waals surface area contributed by atoms with Crippen molar-refractivity contribution in [2.24, 2.45) is 0 Å². The van der Waals surface area contributed by atoms with Crippen molar-refractivity contribution in [3.63, 3.8) is 0 Å². The molecule has 0 aliphatic rings. The van der Waals surface area contributed by atoms with Crippen LogP contribution in [-0.2, 0) is 17.9 Å². The zero-order valence-corrected chi connectivity index (χ0v) is 11.8. The summed E-state index contributed by atoms with van der Waals surface area (Å²) in [5.74, 6) is -0.198. The van der Waals surface area contributed by atoms with Gasteiger partial charge in [0.1, 0.15) is 6.54 Å². The van der Waals surface area contributed by atoms with Gasteiger partial charge in [0.2, 0.25) is 5.91 Å². The van der Waals surface area contributed by atoms with E-state index in [0.717, 1.165) is 17.7 Å². The Morgan fingerprint density at radius 3 is 2.60 bits per heavy atom. The molecular formula is C15H19N3O2. The van der Waals surface area contributed by atoms with Crippen LogP contribution in [-0.4, -0.2) is 15.0 Å². The van der Waals surface area contributed by atoms with Gasteiger partial charge in [-0.15, -0.1) is 0 Å². The van der Waals surface area contributed by atoms with Gasteiger partial charge in [-0.2, -0.15) is 0 Å². The van der Waals surface area contributed by atoms with Crippen LogP contribution < -0.4 is 11.0 Å². The topological polar surface area (TPSA) is 56.0 Å². The number of rotatable bonds is 5. The van der Waals surface area contributed by atoms with Crippen LogP contribution in [0, 0.1) is 6.92 Å². The van der Waals surface area contributed by atoms with Crippen LogP contribution in [0.5, 0.6) is 0 Å². The molecule has 0 aliphatic heterocycles. The summed E-state index contributed by atoms with van der Waals surface area (Å²) in [6.45, 7) is 4.64. The molecule has 2 aromatic rings. The molecule has 106 valence electrons. The monoisotopic (exact) mass is 273 g/mol. The molecule has 1 N–H and O–H groups in total. The van der Waals surface area contributed by atoms with E-state index in [9.17, 15) is 9.59 Å². The van der Waals surface area contributed by atoms with E-state index in [2.05, 4.69) is 5.32 Å². The van der Waals surface area contributed by atoms with Gasteiger partial charge in [0, 0.05) is 24.6 Å². The molecule has 0 unspecified atom stereocenters. The molecule has 0 saturated heterocycles. The van der Waals surface area contributed by atoms with Gasteiger partial charge in [-0.05, 0) is 25.0 Å². The molecule has 2 rings (SSSR count). The summed E-state index contributed by atoms with van der Waals surface area (Å²) < 4.78 is 3.03. The molecule has 1 aromatic heterocycles. The Morgan fingerprint density at radius 1 is 1.20 bits per heavy atom. The maximum absolute atomic E-state index is 12.0. The van der Waals surface area contributed by atoms with Gasteiger partial charge in [-0.1, -0.05) is 25.1 Å². The number of imidazole rings is 1. The Kier molecular flexibility index (Phi) is 4.40. The van der Waals surface area contributed by atoms with Gasteiger partial charge in [0.15, 0.2) is 0 Å². The highest BCUT2D eigenvalue weighted by Gasteiger charge is 2.08. The number of hydrogen-bond acceptors (Lipinski definition) is 2. The second kappa shape index (κ2) is 6.23. The zero-order chi connectivity index (χ0) is 14.5.